The zero-order valence-corrected chi connectivity index (χ0v) is 23.7. The maximum absolute atomic E-state index is 11.8. The molecule has 0 radical (unpaired) electrons. The highest BCUT2D eigenvalue weighted by atomic mass is 31.2. The van der Waals surface area contributed by atoms with Gasteiger partial charge in [0.2, 0.25) is 0 Å². The SMILES string of the molecule is CCCCCCCCCCCCOc1cccc(CCC(COP(O)OCCNC)OC(=O)CC)c1. The van der Waals surface area contributed by atoms with Crippen LogP contribution < -0.4 is 10.1 Å². The van der Waals surface area contributed by atoms with Gasteiger partial charge in [-0.1, -0.05) is 83.8 Å². The van der Waals surface area contributed by atoms with Gasteiger partial charge < -0.3 is 28.7 Å². The summed E-state index contributed by atoms with van der Waals surface area (Å²) in [5, 5.41) is 2.94. The Bertz CT molecular complexity index is 663. The van der Waals surface area contributed by atoms with Gasteiger partial charge in [0.1, 0.15) is 11.9 Å². The summed E-state index contributed by atoms with van der Waals surface area (Å²) in [6.45, 7) is 5.82. The van der Waals surface area contributed by atoms with E-state index >= 15 is 0 Å². The number of carbonyl (C=O) groups excluding carboxylic acids is 1. The third kappa shape index (κ3) is 18.1. The molecule has 208 valence electrons. The Labute approximate surface area is 220 Å². The van der Waals surface area contributed by atoms with Crippen LogP contribution in [-0.2, 0) is 25.0 Å². The largest absolute Gasteiger partial charge is 0.494 e. The van der Waals surface area contributed by atoms with Crippen molar-refractivity contribution in [3.8, 4) is 5.75 Å². The van der Waals surface area contributed by atoms with Crippen molar-refractivity contribution in [2.45, 2.75) is 103 Å². The molecule has 1 aromatic carbocycles. The first-order valence-electron chi connectivity index (χ1n) is 13.9. The normalized spacial score (nSPS) is 12.9. The van der Waals surface area contributed by atoms with Gasteiger partial charge in [-0.2, -0.15) is 0 Å². The first-order chi connectivity index (χ1) is 17.6. The number of carbonyl (C=O) groups is 1. The van der Waals surface area contributed by atoms with E-state index in [1.54, 1.807) is 6.92 Å². The summed E-state index contributed by atoms with van der Waals surface area (Å²) in [7, 11) is -0.185. The van der Waals surface area contributed by atoms with Crippen molar-refractivity contribution in [1.82, 2.24) is 5.32 Å². The van der Waals surface area contributed by atoms with Crippen LogP contribution in [0.3, 0.4) is 0 Å². The fourth-order valence-corrected chi connectivity index (χ4v) is 4.37. The van der Waals surface area contributed by atoms with E-state index in [9.17, 15) is 9.69 Å². The molecule has 7 nitrogen and oxygen atoms in total. The summed E-state index contributed by atoms with van der Waals surface area (Å²) in [5.41, 5.74) is 1.12. The standard InChI is InChI=1S/C28H50NO6P/c1-4-6-7-8-9-10-11-12-13-14-21-32-26-17-15-16-25(23-26)18-19-27(35-28(30)5-2)24-34-36(31)33-22-20-29-3/h15-17,23,27,29,31H,4-14,18-22,24H2,1-3H3. The highest BCUT2D eigenvalue weighted by molar-refractivity contribution is 7.40. The Balaban J connectivity index is 2.31. The zero-order chi connectivity index (χ0) is 26.3. The Morgan fingerprint density at radius 2 is 1.67 bits per heavy atom. The maximum atomic E-state index is 11.8. The maximum Gasteiger partial charge on any atom is 0.330 e. The highest BCUT2D eigenvalue weighted by Crippen LogP contribution is 2.33. The van der Waals surface area contributed by atoms with Crippen LogP contribution in [-0.4, -0.2) is 50.4 Å². The molecule has 0 spiro atoms. The molecule has 2 unspecified atom stereocenters. The minimum absolute atomic E-state index is 0.0996. The highest BCUT2D eigenvalue weighted by Gasteiger charge is 2.17. The molecule has 2 atom stereocenters. The van der Waals surface area contributed by atoms with Crippen LogP contribution in [0.15, 0.2) is 24.3 Å². The van der Waals surface area contributed by atoms with Crippen molar-refractivity contribution in [2.75, 3.05) is 33.4 Å². The molecule has 1 rings (SSSR count). The number of aryl methyl sites for hydroxylation is 1. The average molecular weight is 528 g/mol. The van der Waals surface area contributed by atoms with Gasteiger partial charge in [-0.25, -0.2) is 0 Å². The van der Waals surface area contributed by atoms with Crippen LogP contribution in [0.4, 0.5) is 0 Å². The van der Waals surface area contributed by atoms with Gasteiger partial charge in [0.15, 0.2) is 0 Å². The summed E-state index contributed by atoms with van der Waals surface area (Å²) in [6, 6.07) is 8.08. The van der Waals surface area contributed by atoms with Gasteiger partial charge in [-0.3, -0.25) is 4.79 Å². The van der Waals surface area contributed by atoms with E-state index in [1.807, 2.05) is 25.2 Å². The molecule has 0 aliphatic carbocycles. The molecule has 36 heavy (non-hydrogen) atoms. The summed E-state index contributed by atoms with van der Waals surface area (Å²) < 4.78 is 22.1. The van der Waals surface area contributed by atoms with Crippen LogP contribution in [0.25, 0.3) is 0 Å². The quantitative estimate of drug-likeness (QED) is 0.0877. The molecule has 2 N–H and O–H groups in total. The second-order valence-corrected chi connectivity index (χ2v) is 10.1. The van der Waals surface area contributed by atoms with E-state index in [0.717, 1.165) is 24.3 Å². The van der Waals surface area contributed by atoms with Crippen LogP contribution >= 0.6 is 8.60 Å². The van der Waals surface area contributed by atoms with E-state index in [1.165, 1.54) is 57.8 Å². The lowest BCUT2D eigenvalue weighted by atomic mass is 10.1. The van der Waals surface area contributed by atoms with Crippen molar-refractivity contribution >= 4 is 14.6 Å². The second-order valence-electron chi connectivity index (χ2n) is 9.15. The van der Waals surface area contributed by atoms with E-state index in [4.69, 9.17) is 18.5 Å². The number of hydrogen-bond donors (Lipinski definition) is 2. The molecule has 0 saturated heterocycles. The number of esters is 1. The third-order valence-electron chi connectivity index (χ3n) is 5.93. The number of nitrogens with one attached hydrogen (secondary N) is 1. The van der Waals surface area contributed by atoms with Gasteiger partial charge in [0, 0.05) is 13.0 Å². The fourth-order valence-electron chi connectivity index (χ4n) is 3.75. The van der Waals surface area contributed by atoms with Gasteiger partial charge in [-0.05, 0) is 44.0 Å². The van der Waals surface area contributed by atoms with E-state index in [0.29, 0.717) is 32.4 Å². The zero-order valence-electron chi connectivity index (χ0n) is 22.8. The topological polar surface area (TPSA) is 86.2 Å². The van der Waals surface area contributed by atoms with Gasteiger partial charge >= 0.3 is 14.6 Å². The molecule has 0 aromatic heterocycles. The average Bonchev–Trinajstić information content (AvgIpc) is 2.89. The van der Waals surface area contributed by atoms with Crippen molar-refractivity contribution in [3.05, 3.63) is 29.8 Å². The molecule has 0 saturated carbocycles. The lowest BCUT2D eigenvalue weighted by molar-refractivity contribution is -0.150. The molecule has 0 aliphatic heterocycles. The van der Waals surface area contributed by atoms with Crippen molar-refractivity contribution in [2.24, 2.45) is 0 Å². The Morgan fingerprint density at radius 3 is 2.33 bits per heavy atom. The summed E-state index contributed by atoms with van der Waals surface area (Å²) in [4.78, 5) is 21.7. The molecular formula is C28H50NO6P. The van der Waals surface area contributed by atoms with Crippen LogP contribution in [0.5, 0.6) is 5.75 Å². The molecule has 0 fully saturated rings. The number of unbranched alkanes of at least 4 members (excludes halogenated alkanes) is 9. The molecule has 0 bridgehead atoms. The molecule has 0 aliphatic rings. The molecule has 1 aromatic rings. The van der Waals surface area contributed by atoms with Crippen molar-refractivity contribution in [3.63, 3.8) is 0 Å². The molecule has 0 heterocycles. The predicted molar refractivity (Wildman–Crippen MR) is 147 cm³/mol. The Kier molecular flexibility index (Phi) is 20.9. The second kappa shape index (κ2) is 22.9. The lowest BCUT2D eigenvalue weighted by Crippen LogP contribution is -2.23. The molecule has 8 heteroatoms. The van der Waals surface area contributed by atoms with Crippen molar-refractivity contribution in [1.29, 1.82) is 0 Å². The number of ether oxygens (including phenoxy) is 2. The predicted octanol–water partition coefficient (Wildman–Crippen LogP) is 6.71. The van der Waals surface area contributed by atoms with E-state index in [-0.39, 0.29) is 12.6 Å². The van der Waals surface area contributed by atoms with Gasteiger partial charge in [-0.15, -0.1) is 0 Å². The summed E-state index contributed by atoms with van der Waals surface area (Å²) in [6.07, 6.45) is 14.2. The Morgan fingerprint density at radius 1 is 0.972 bits per heavy atom. The smallest absolute Gasteiger partial charge is 0.330 e. The number of hydrogen-bond acceptors (Lipinski definition) is 7. The summed E-state index contributed by atoms with van der Waals surface area (Å²) >= 11 is 0. The van der Waals surface area contributed by atoms with Crippen molar-refractivity contribution < 1.29 is 28.2 Å². The minimum atomic E-state index is -1.99. The van der Waals surface area contributed by atoms with Gasteiger partial charge in [0.05, 0.1) is 19.8 Å². The van der Waals surface area contributed by atoms with E-state index < -0.39 is 14.7 Å². The minimum Gasteiger partial charge on any atom is -0.494 e. The fraction of sp³-hybridized carbons (Fsp3) is 0.750. The van der Waals surface area contributed by atoms with E-state index in [2.05, 4.69) is 18.3 Å². The first-order valence-corrected chi connectivity index (χ1v) is 15.0. The lowest BCUT2D eigenvalue weighted by Gasteiger charge is -2.19. The number of likely N-dealkylation sites (N-methyl/N-ethyl adjacent to an activating group) is 1. The monoisotopic (exact) mass is 527 g/mol. The Hall–Kier alpha value is -1.24. The van der Waals surface area contributed by atoms with Crippen LogP contribution in [0.1, 0.15) is 96.5 Å². The third-order valence-corrected chi connectivity index (χ3v) is 6.70. The van der Waals surface area contributed by atoms with Crippen LogP contribution in [0.2, 0.25) is 0 Å². The number of rotatable bonds is 24. The molecule has 0 amide bonds. The summed E-state index contributed by atoms with van der Waals surface area (Å²) in [5.74, 6) is 0.592. The van der Waals surface area contributed by atoms with Crippen LogP contribution in [0, 0.1) is 0 Å². The first kappa shape index (κ1) is 32.8. The number of benzene rings is 1. The molecular weight excluding hydrogens is 477 g/mol. The van der Waals surface area contributed by atoms with Gasteiger partial charge in [0.25, 0.3) is 0 Å².